The topological polar surface area (TPSA) is 106 Å². The van der Waals surface area contributed by atoms with Crippen LogP contribution in [0.5, 0.6) is 6.01 Å². The Bertz CT molecular complexity index is 348. The summed E-state index contributed by atoms with van der Waals surface area (Å²) in [5.74, 6) is 0.576. The van der Waals surface area contributed by atoms with Gasteiger partial charge >= 0.3 is 6.01 Å². The van der Waals surface area contributed by atoms with Crippen molar-refractivity contribution in [1.29, 1.82) is 0 Å². The van der Waals surface area contributed by atoms with Gasteiger partial charge in [0.25, 0.3) is 0 Å². The molecule has 0 unspecified atom stereocenters. The van der Waals surface area contributed by atoms with Crippen LogP contribution in [0.4, 0.5) is 11.9 Å². The van der Waals surface area contributed by atoms with Crippen molar-refractivity contribution in [3.8, 4) is 6.01 Å². The molecule has 0 aliphatic rings. The molecule has 1 aromatic rings. The van der Waals surface area contributed by atoms with Crippen molar-refractivity contribution in [3.05, 3.63) is 0 Å². The van der Waals surface area contributed by atoms with E-state index in [0.717, 1.165) is 32.2 Å². The van der Waals surface area contributed by atoms with Crippen molar-refractivity contribution in [1.82, 2.24) is 15.0 Å². The highest BCUT2D eigenvalue weighted by Crippen LogP contribution is 2.09. The van der Waals surface area contributed by atoms with Crippen molar-refractivity contribution >= 4 is 11.9 Å². The minimum Gasteiger partial charge on any atom is -0.463 e. The average Bonchev–Trinajstić information content (AvgIpc) is 2.35. The molecule has 18 heavy (non-hydrogen) atoms. The van der Waals surface area contributed by atoms with Gasteiger partial charge < -0.3 is 20.9 Å². The molecule has 102 valence electrons. The molecule has 7 heteroatoms. The number of nitrogen functional groups attached to an aromatic ring is 1. The number of aliphatic hydroxyl groups is 1. The van der Waals surface area contributed by atoms with Crippen LogP contribution < -0.4 is 15.8 Å². The largest absolute Gasteiger partial charge is 0.463 e. The van der Waals surface area contributed by atoms with Gasteiger partial charge in [-0.3, -0.25) is 0 Å². The van der Waals surface area contributed by atoms with Crippen molar-refractivity contribution in [2.24, 2.45) is 0 Å². The number of hydrogen-bond acceptors (Lipinski definition) is 7. The molecule has 0 radical (unpaired) electrons. The molecule has 0 amide bonds. The molecule has 0 spiro atoms. The average molecular weight is 255 g/mol. The van der Waals surface area contributed by atoms with Crippen molar-refractivity contribution in [2.45, 2.75) is 32.6 Å². The van der Waals surface area contributed by atoms with Crippen LogP contribution >= 0.6 is 0 Å². The van der Waals surface area contributed by atoms with Crippen LogP contribution in [-0.4, -0.2) is 39.8 Å². The highest BCUT2D eigenvalue weighted by molar-refractivity contribution is 5.32. The number of anilines is 2. The van der Waals surface area contributed by atoms with Crippen LogP contribution in [0.15, 0.2) is 0 Å². The number of rotatable bonds is 9. The third kappa shape index (κ3) is 5.62. The predicted octanol–water partition coefficient (Wildman–Crippen LogP) is 0.817. The van der Waals surface area contributed by atoms with E-state index in [4.69, 9.17) is 15.6 Å². The molecule has 1 rings (SSSR count). The number of ether oxygens (including phenoxy) is 1. The summed E-state index contributed by atoms with van der Waals surface area (Å²) in [5, 5.41) is 11.7. The third-order valence-electron chi connectivity index (χ3n) is 2.19. The molecule has 0 aliphatic heterocycles. The standard InChI is InChI=1S/C11H21N5O2/c1-2-8-18-11-15-9(12)14-10(16-11)13-6-4-3-5-7-17/h17H,2-8H2,1H3,(H3,12,13,14,15,16). The Kier molecular flexibility index (Phi) is 6.78. The number of aromatic nitrogens is 3. The quantitative estimate of drug-likeness (QED) is 0.561. The molecule has 0 fully saturated rings. The summed E-state index contributed by atoms with van der Waals surface area (Å²) >= 11 is 0. The molecule has 0 atom stereocenters. The molecule has 0 aliphatic carbocycles. The van der Waals surface area contributed by atoms with E-state index in [0.29, 0.717) is 12.6 Å². The van der Waals surface area contributed by atoms with Gasteiger partial charge in [0.2, 0.25) is 11.9 Å². The van der Waals surface area contributed by atoms with Gasteiger partial charge in [0.05, 0.1) is 6.61 Å². The Labute approximate surface area is 107 Å². The minimum atomic E-state index is 0.147. The summed E-state index contributed by atoms with van der Waals surface area (Å²) in [6.07, 6.45) is 3.60. The SMILES string of the molecule is CCCOc1nc(N)nc(NCCCCCO)n1. The molecule has 0 saturated heterocycles. The summed E-state index contributed by atoms with van der Waals surface area (Å²) in [6, 6.07) is 0.252. The summed E-state index contributed by atoms with van der Waals surface area (Å²) in [7, 11) is 0. The molecule has 4 N–H and O–H groups in total. The van der Waals surface area contributed by atoms with Gasteiger partial charge in [-0.2, -0.15) is 15.0 Å². The van der Waals surface area contributed by atoms with E-state index in [-0.39, 0.29) is 18.6 Å². The summed E-state index contributed by atoms with van der Waals surface area (Å²) in [6.45, 7) is 3.52. The fourth-order valence-electron chi connectivity index (χ4n) is 1.32. The summed E-state index contributed by atoms with van der Waals surface area (Å²) in [4.78, 5) is 12.0. The number of nitrogens with zero attached hydrogens (tertiary/aromatic N) is 3. The molecular formula is C11H21N5O2. The number of aliphatic hydroxyl groups excluding tert-OH is 1. The molecule has 1 aromatic heterocycles. The lowest BCUT2D eigenvalue weighted by atomic mass is 10.2. The summed E-state index contributed by atoms with van der Waals surface area (Å²) < 4.78 is 5.31. The lowest BCUT2D eigenvalue weighted by molar-refractivity contribution is 0.283. The van der Waals surface area contributed by atoms with Crippen molar-refractivity contribution in [2.75, 3.05) is 30.8 Å². The molecule has 0 saturated carbocycles. The van der Waals surface area contributed by atoms with E-state index in [2.05, 4.69) is 20.3 Å². The Morgan fingerprint density at radius 1 is 1.22 bits per heavy atom. The first-order chi connectivity index (χ1) is 8.76. The number of unbranched alkanes of at least 4 members (excludes halogenated alkanes) is 2. The maximum Gasteiger partial charge on any atom is 0.323 e. The van der Waals surface area contributed by atoms with E-state index in [1.807, 2.05) is 6.92 Å². The van der Waals surface area contributed by atoms with E-state index in [9.17, 15) is 0 Å². The zero-order chi connectivity index (χ0) is 13.2. The first-order valence-corrected chi connectivity index (χ1v) is 6.25. The molecule has 7 nitrogen and oxygen atoms in total. The van der Waals surface area contributed by atoms with Crippen LogP contribution in [0.1, 0.15) is 32.6 Å². The Hall–Kier alpha value is -1.63. The molecule has 0 bridgehead atoms. The highest BCUT2D eigenvalue weighted by atomic mass is 16.5. The van der Waals surface area contributed by atoms with Gasteiger partial charge in [0.1, 0.15) is 0 Å². The van der Waals surface area contributed by atoms with E-state index in [1.54, 1.807) is 0 Å². The Morgan fingerprint density at radius 3 is 2.78 bits per heavy atom. The normalized spacial score (nSPS) is 10.3. The maximum atomic E-state index is 8.65. The fourth-order valence-corrected chi connectivity index (χ4v) is 1.32. The number of nitrogens with one attached hydrogen (secondary N) is 1. The summed E-state index contributed by atoms with van der Waals surface area (Å²) in [5.41, 5.74) is 5.57. The second-order valence-corrected chi connectivity index (χ2v) is 3.86. The first-order valence-electron chi connectivity index (χ1n) is 6.25. The molecule has 1 heterocycles. The molecular weight excluding hydrogens is 234 g/mol. The minimum absolute atomic E-state index is 0.147. The second kappa shape index (κ2) is 8.46. The number of hydrogen-bond donors (Lipinski definition) is 3. The monoisotopic (exact) mass is 255 g/mol. The van der Waals surface area contributed by atoms with Gasteiger partial charge in [-0.15, -0.1) is 0 Å². The second-order valence-electron chi connectivity index (χ2n) is 3.86. The Morgan fingerprint density at radius 2 is 2.06 bits per heavy atom. The zero-order valence-corrected chi connectivity index (χ0v) is 10.7. The lowest BCUT2D eigenvalue weighted by Gasteiger charge is -2.07. The third-order valence-corrected chi connectivity index (χ3v) is 2.19. The van der Waals surface area contributed by atoms with Crippen molar-refractivity contribution < 1.29 is 9.84 Å². The van der Waals surface area contributed by atoms with Crippen LogP contribution in [-0.2, 0) is 0 Å². The molecule has 0 aromatic carbocycles. The van der Waals surface area contributed by atoms with Crippen LogP contribution in [0.2, 0.25) is 0 Å². The van der Waals surface area contributed by atoms with Crippen LogP contribution in [0.25, 0.3) is 0 Å². The van der Waals surface area contributed by atoms with Gasteiger partial charge in [0.15, 0.2) is 0 Å². The zero-order valence-electron chi connectivity index (χ0n) is 10.7. The van der Waals surface area contributed by atoms with Gasteiger partial charge in [-0.25, -0.2) is 0 Å². The van der Waals surface area contributed by atoms with Crippen LogP contribution in [0.3, 0.4) is 0 Å². The first kappa shape index (κ1) is 14.4. The van der Waals surface area contributed by atoms with E-state index in [1.165, 1.54) is 0 Å². The van der Waals surface area contributed by atoms with Crippen LogP contribution in [0, 0.1) is 0 Å². The lowest BCUT2D eigenvalue weighted by Crippen LogP contribution is -2.10. The fraction of sp³-hybridized carbons (Fsp3) is 0.727. The van der Waals surface area contributed by atoms with Crippen molar-refractivity contribution in [3.63, 3.8) is 0 Å². The van der Waals surface area contributed by atoms with E-state index >= 15 is 0 Å². The van der Waals surface area contributed by atoms with Gasteiger partial charge in [0, 0.05) is 13.2 Å². The highest BCUT2D eigenvalue weighted by Gasteiger charge is 2.04. The van der Waals surface area contributed by atoms with E-state index < -0.39 is 0 Å². The smallest absolute Gasteiger partial charge is 0.323 e. The number of nitrogens with two attached hydrogens (primary N) is 1. The predicted molar refractivity (Wildman–Crippen MR) is 69.5 cm³/mol. The van der Waals surface area contributed by atoms with Gasteiger partial charge in [-0.05, 0) is 25.7 Å². The maximum absolute atomic E-state index is 8.65. The van der Waals surface area contributed by atoms with Gasteiger partial charge in [-0.1, -0.05) is 6.92 Å². The Balaban J connectivity index is 2.41.